The van der Waals surface area contributed by atoms with Crippen LogP contribution in [0.5, 0.6) is 17.2 Å². The Labute approximate surface area is 220 Å². The summed E-state index contributed by atoms with van der Waals surface area (Å²) in [4.78, 5) is 7.57. The van der Waals surface area contributed by atoms with Crippen LogP contribution in [0.3, 0.4) is 0 Å². The van der Waals surface area contributed by atoms with Gasteiger partial charge >= 0.3 is 0 Å². The smallest absolute Gasteiger partial charge is 0.125 e. The number of aromatic hydroxyl groups is 3. The zero-order valence-corrected chi connectivity index (χ0v) is 21.8. The van der Waals surface area contributed by atoms with Gasteiger partial charge in [-0.05, 0) is 73.7 Å². The molecule has 0 amide bonds. The standard InChI is InChI=1S/C31H39N3O3/c1-2-13-33(25-9-7-24-21-27(35)11-8-23(24)20-25)17-14-32-15-18-34(19-16-32)26-10-12-29(31(37)22-26)28-5-3-4-6-30(28)36/h3-6,8,10-12,21-22,25,35-37H,2,7,9,13-20H2,1H3. The molecule has 1 saturated heterocycles. The van der Waals surface area contributed by atoms with Gasteiger partial charge in [0, 0.05) is 68.2 Å². The molecule has 1 aliphatic carbocycles. The van der Waals surface area contributed by atoms with Gasteiger partial charge in [0.1, 0.15) is 17.2 Å². The summed E-state index contributed by atoms with van der Waals surface area (Å²) in [6.45, 7) is 9.43. The van der Waals surface area contributed by atoms with Gasteiger partial charge in [-0.1, -0.05) is 31.2 Å². The van der Waals surface area contributed by atoms with Crippen LogP contribution in [0.15, 0.2) is 60.7 Å². The van der Waals surface area contributed by atoms with E-state index >= 15 is 0 Å². The van der Waals surface area contributed by atoms with Crippen molar-refractivity contribution in [3.05, 3.63) is 71.8 Å². The predicted octanol–water partition coefficient (Wildman–Crippen LogP) is 4.86. The van der Waals surface area contributed by atoms with Gasteiger partial charge in [0.25, 0.3) is 0 Å². The minimum atomic E-state index is 0.174. The van der Waals surface area contributed by atoms with Crippen LogP contribution in [0.4, 0.5) is 5.69 Å². The summed E-state index contributed by atoms with van der Waals surface area (Å²) < 4.78 is 0. The van der Waals surface area contributed by atoms with E-state index < -0.39 is 0 Å². The number of rotatable bonds is 8. The first-order chi connectivity index (χ1) is 18.0. The second-order valence-electron chi connectivity index (χ2n) is 10.4. The maximum Gasteiger partial charge on any atom is 0.125 e. The van der Waals surface area contributed by atoms with Gasteiger partial charge in [0.05, 0.1) is 0 Å². The quantitative estimate of drug-likeness (QED) is 0.410. The van der Waals surface area contributed by atoms with Crippen molar-refractivity contribution in [3.8, 4) is 28.4 Å². The minimum Gasteiger partial charge on any atom is -0.508 e. The molecule has 6 heteroatoms. The molecule has 0 aromatic heterocycles. The molecule has 1 aliphatic heterocycles. The average molecular weight is 502 g/mol. The maximum atomic E-state index is 10.7. The van der Waals surface area contributed by atoms with Crippen molar-refractivity contribution in [1.82, 2.24) is 9.80 Å². The van der Waals surface area contributed by atoms with E-state index in [2.05, 4.69) is 27.7 Å². The third-order valence-corrected chi connectivity index (χ3v) is 8.04. The molecule has 0 radical (unpaired) electrons. The highest BCUT2D eigenvalue weighted by atomic mass is 16.3. The van der Waals surface area contributed by atoms with Crippen molar-refractivity contribution >= 4 is 5.69 Å². The molecule has 5 rings (SSSR count). The molecular weight excluding hydrogens is 462 g/mol. The molecular formula is C31H39N3O3. The number of aryl methyl sites for hydroxylation is 1. The molecule has 0 spiro atoms. The summed E-state index contributed by atoms with van der Waals surface area (Å²) in [5.74, 6) is 0.748. The Kier molecular flexibility index (Phi) is 7.87. The molecule has 37 heavy (non-hydrogen) atoms. The summed E-state index contributed by atoms with van der Waals surface area (Å²) >= 11 is 0. The van der Waals surface area contributed by atoms with Crippen molar-refractivity contribution in [2.24, 2.45) is 0 Å². The van der Waals surface area contributed by atoms with E-state index in [1.165, 1.54) is 11.1 Å². The second-order valence-corrected chi connectivity index (χ2v) is 10.4. The molecule has 1 atom stereocenters. The minimum absolute atomic E-state index is 0.174. The van der Waals surface area contributed by atoms with Gasteiger partial charge < -0.3 is 20.2 Å². The molecule has 6 nitrogen and oxygen atoms in total. The number of phenols is 3. The normalized spacial score (nSPS) is 18.2. The number of para-hydroxylation sites is 1. The van der Waals surface area contributed by atoms with Crippen LogP contribution in [0, 0.1) is 0 Å². The highest BCUT2D eigenvalue weighted by molar-refractivity contribution is 5.77. The maximum absolute atomic E-state index is 10.7. The fraction of sp³-hybridized carbons (Fsp3) is 0.419. The summed E-state index contributed by atoms with van der Waals surface area (Å²) in [7, 11) is 0. The van der Waals surface area contributed by atoms with Gasteiger partial charge in [-0.2, -0.15) is 0 Å². The Hall–Kier alpha value is -3.22. The lowest BCUT2D eigenvalue weighted by molar-refractivity contribution is 0.145. The largest absolute Gasteiger partial charge is 0.508 e. The first-order valence-electron chi connectivity index (χ1n) is 13.7. The van der Waals surface area contributed by atoms with Crippen LogP contribution in [0.2, 0.25) is 0 Å². The van der Waals surface area contributed by atoms with Gasteiger partial charge in [-0.15, -0.1) is 0 Å². The molecule has 3 N–H and O–H groups in total. The number of piperazine rings is 1. The molecule has 1 unspecified atom stereocenters. The molecule has 0 saturated carbocycles. The molecule has 196 valence electrons. The number of phenolic OH excluding ortho intramolecular Hbond substituents is 3. The fourth-order valence-electron chi connectivity index (χ4n) is 5.94. The molecule has 3 aromatic carbocycles. The first kappa shape index (κ1) is 25.4. The molecule has 1 heterocycles. The Morgan fingerprint density at radius 1 is 0.811 bits per heavy atom. The van der Waals surface area contributed by atoms with Gasteiger partial charge in [-0.25, -0.2) is 0 Å². The lowest BCUT2D eigenvalue weighted by Gasteiger charge is -2.39. The van der Waals surface area contributed by atoms with E-state index in [4.69, 9.17) is 0 Å². The van der Waals surface area contributed by atoms with Crippen LogP contribution in [0.1, 0.15) is 30.9 Å². The summed E-state index contributed by atoms with van der Waals surface area (Å²) in [6, 6.07) is 19.3. The van der Waals surface area contributed by atoms with Crippen LogP contribution in [0.25, 0.3) is 11.1 Å². The Balaban J connectivity index is 1.15. The lowest BCUT2D eigenvalue weighted by Crippen LogP contribution is -2.50. The Morgan fingerprint density at radius 2 is 1.59 bits per heavy atom. The monoisotopic (exact) mass is 501 g/mol. The average Bonchev–Trinajstić information content (AvgIpc) is 2.91. The van der Waals surface area contributed by atoms with Crippen molar-refractivity contribution < 1.29 is 15.3 Å². The zero-order valence-electron chi connectivity index (χ0n) is 21.8. The van der Waals surface area contributed by atoms with E-state index in [0.29, 0.717) is 22.9 Å². The molecule has 1 fully saturated rings. The summed E-state index contributed by atoms with van der Waals surface area (Å²) in [5.41, 5.74) is 5.02. The highest BCUT2D eigenvalue weighted by Crippen LogP contribution is 2.37. The SMILES string of the molecule is CCCN(CCN1CCN(c2ccc(-c3ccccc3O)c(O)c2)CC1)C1CCc2cc(O)ccc2C1. The molecule has 0 bridgehead atoms. The van der Waals surface area contributed by atoms with Crippen LogP contribution >= 0.6 is 0 Å². The number of hydrogen-bond acceptors (Lipinski definition) is 6. The summed E-state index contributed by atoms with van der Waals surface area (Å²) in [6.07, 6.45) is 4.43. The number of nitrogens with zero attached hydrogens (tertiary/aromatic N) is 3. The van der Waals surface area contributed by atoms with Crippen LogP contribution < -0.4 is 4.90 Å². The number of benzene rings is 3. The predicted molar refractivity (Wildman–Crippen MR) is 150 cm³/mol. The number of anilines is 1. The van der Waals surface area contributed by atoms with Gasteiger partial charge in [-0.3, -0.25) is 9.80 Å². The van der Waals surface area contributed by atoms with Crippen molar-refractivity contribution in [3.63, 3.8) is 0 Å². The van der Waals surface area contributed by atoms with E-state index in [0.717, 1.165) is 77.2 Å². The van der Waals surface area contributed by atoms with E-state index in [-0.39, 0.29) is 11.5 Å². The van der Waals surface area contributed by atoms with Crippen molar-refractivity contribution in [2.75, 3.05) is 50.7 Å². The van der Waals surface area contributed by atoms with Crippen LogP contribution in [-0.4, -0.2) is 77.0 Å². The molecule has 2 aliphatic rings. The summed E-state index contributed by atoms with van der Waals surface area (Å²) in [5, 5.41) is 30.6. The molecule has 3 aromatic rings. The van der Waals surface area contributed by atoms with E-state index in [1.54, 1.807) is 12.1 Å². The first-order valence-corrected chi connectivity index (χ1v) is 13.7. The Bertz CT molecular complexity index is 1210. The van der Waals surface area contributed by atoms with Gasteiger partial charge in [0.2, 0.25) is 0 Å². The topological polar surface area (TPSA) is 70.4 Å². The fourth-order valence-corrected chi connectivity index (χ4v) is 5.94. The number of fused-ring (bicyclic) bond motifs is 1. The van der Waals surface area contributed by atoms with E-state index in [9.17, 15) is 15.3 Å². The van der Waals surface area contributed by atoms with Crippen molar-refractivity contribution in [2.45, 2.75) is 38.6 Å². The third kappa shape index (κ3) is 5.86. The van der Waals surface area contributed by atoms with Crippen molar-refractivity contribution in [1.29, 1.82) is 0 Å². The number of hydrogen-bond donors (Lipinski definition) is 3. The highest BCUT2D eigenvalue weighted by Gasteiger charge is 2.25. The van der Waals surface area contributed by atoms with Gasteiger partial charge in [0.15, 0.2) is 0 Å². The Morgan fingerprint density at radius 3 is 2.35 bits per heavy atom. The second kappa shape index (κ2) is 11.4. The van der Waals surface area contributed by atoms with Crippen LogP contribution in [-0.2, 0) is 12.8 Å². The third-order valence-electron chi connectivity index (χ3n) is 8.04. The van der Waals surface area contributed by atoms with E-state index in [1.807, 2.05) is 42.5 Å². The zero-order chi connectivity index (χ0) is 25.8. The lowest BCUT2D eigenvalue weighted by atomic mass is 9.87.